The van der Waals surface area contributed by atoms with E-state index in [1.807, 2.05) is 48.5 Å². The predicted molar refractivity (Wildman–Crippen MR) is 273 cm³/mol. The highest BCUT2D eigenvalue weighted by atomic mass is 79.9. The van der Waals surface area contributed by atoms with Gasteiger partial charge in [0.15, 0.2) is 0 Å². The third kappa shape index (κ3) is 5.58. The third-order valence-corrected chi connectivity index (χ3v) is 15.5. The van der Waals surface area contributed by atoms with Gasteiger partial charge < -0.3 is 0 Å². The predicted octanol–water partition coefficient (Wildman–Crippen LogP) is 14.3. The van der Waals surface area contributed by atoms with E-state index in [9.17, 15) is 19.2 Å². The van der Waals surface area contributed by atoms with Gasteiger partial charge in [0, 0.05) is 71.2 Å². The molecular formula is C58H36Br2N2O4. The fourth-order valence-electron chi connectivity index (χ4n) is 11.5. The molecule has 0 N–H and O–H groups in total. The number of aryl methyl sites for hydroxylation is 2. The van der Waals surface area contributed by atoms with Crippen molar-refractivity contribution in [2.24, 2.45) is 0 Å². The molecule has 316 valence electrons. The summed E-state index contributed by atoms with van der Waals surface area (Å²) in [4.78, 5) is 61.0. The summed E-state index contributed by atoms with van der Waals surface area (Å²) in [7, 11) is 0. The molecule has 11 aromatic rings. The highest BCUT2D eigenvalue weighted by molar-refractivity contribution is 9.11. The molecule has 13 rings (SSSR count). The number of imide groups is 2. The quantitative estimate of drug-likeness (QED) is 0.0864. The summed E-state index contributed by atoms with van der Waals surface area (Å²) in [6.07, 6.45) is 2.61. The number of rotatable bonds is 8. The number of carbonyl (C=O) groups excluding carboxylic acids is 4. The molecule has 0 saturated carbocycles. The van der Waals surface area contributed by atoms with Crippen LogP contribution in [0.25, 0.3) is 86.2 Å². The van der Waals surface area contributed by atoms with Gasteiger partial charge in [0.1, 0.15) is 0 Å². The fraction of sp³-hybridized carbons (Fsp3) is 0.103. The van der Waals surface area contributed by atoms with E-state index in [1.165, 1.54) is 64.0 Å². The molecule has 0 atom stereocenters. The summed E-state index contributed by atoms with van der Waals surface area (Å²) in [5.41, 5.74) is 4.33. The molecule has 0 spiro atoms. The third-order valence-electron chi connectivity index (χ3n) is 14.3. The van der Waals surface area contributed by atoms with Crippen LogP contribution in [0.1, 0.15) is 65.4 Å². The average Bonchev–Trinajstić information content (AvgIpc) is 3.33. The SMILES string of the molecule is O=C1c2ccc3c4c(Br)cc5c6c(cc(Br)c(c7ccc(c2c37)C(=O)N1CCCc1c2ccccc2cc2ccccc12)c64)C(=O)N(CCCc1c2ccccc2cc2ccccc12)C5=O. The first kappa shape index (κ1) is 39.4. The zero-order valence-electron chi connectivity index (χ0n) is 35.4. The molecule has 66 heavy (non-hydrogen) atoms. The lowest BCUT2D eigenvalue weighted by Gasteiger charge is -2.31. The second-order valence-corrected chi connectivity index (χ2v) is 19.4. The number of fused-ring (bicyclic) bond motifs is 6. The highest BCUT2D eigenvalue weighted by Gasteiger charge is 2.38. The van der Waals surface area contributed by atoms with Crippen LogP contribution >= 0.6 is 31.9 Å². The van der Waals surface area contributed by atoms with Gasteiger partial charge in [-0.3, -0.25) is 29.0 Å². The molecular weight excluding hydrogens is 948 g/mol. The first-order chi connectivity index (χ1) is 32.3. The Morgan fingerprint density at radius 3 is 1.08 bits per heavy atom. The molecule has 6 nitrogen and oxygen atoms in total. The van der Waals surface area contributed by atoms with Gasteiger partial charge in [-0.25, -0.2) is 0 Å². The van der Waals surface area contributed by atoms with Crippen molar-refractivity contribution in [3.8, 4) is 0 Å². The normalized spacial score (nSPS) is 14.0. The topological polar surface area (TPSA) is 74.8 Å². The van der Waals surface area contributed by atoms with Crippen molar-refractivity contribution in [3.63, 3.8) is 0 Å². The number of amides is 4. The second-order valence-electron chi connectivity index (χ2n) is 17.7. The molecule has 11 aromatic carbocycles. The Morgan fingerprint density at radius 2 is 0.682 bits per heavy atom. The smallest absolute Gasteiger partial charge is 0.261 e. The zero-order valence-corrected chi connectivity index (χ0v) is 38.6. The Labute approximate surface area is 395 Å². The van der Waals surface area contributed by atoms with Gasteiger partial charge in [0.05, 0.1) is 0 Å². The van der Waals surface area contributed by atoms with E-state index in [2.05, 4.69) is 129 Å². The first-order valence-corrected chi connectivity index (χ1v) is 24.0. The molecule has 0 bridgehead atoms. The Balaban J connectivity index is 0.858. The number of nitrogens with zero attached hydrogens (tertiary/aromatic N) is 2. The van der Waals surface area contributed by atoms with E-state index >= 15 is 0 Å². The molecule has 0 fully saturated rings. The Hall–Kier alpha value is -7.00. The molecule has 0 saturated heterocycles. The van der Waals surface area contributed by atoms with Crippen molar-refractivity contribution < 1.29 is 19.2 Å². The van der Waals surface area contributed by atoms with Crippen LogP contribution in [0.15, 0.2) is 155 Å². The zero-order chi connectivity index (χ0) is 44.5. The van der Waals surface area contributed by atoms with E-state index in [0.29, 0.717) is 67.7 Å². The van der Waals surface area contributed by atoms with Crippen molar-refractivity contribution in [3.05, 3.63) is 188 Å². The minimum atomic E-state index is -0.322. The molecule has 4 amide bonds. The number of hydrogen-bond donors (Lipinski definition) is 0. The lowest BCUT2D eigenvalue weighted by molar-refractivity contribution is 0.0593. The van der Waals surface area contributed by atoms with Gasteiger partial charge in [-0.2, -0.15) is 0 Å². The van der Waals surface area contributed by atoms with Crippen LogP contribution in [0.2, 0.25) is 0 Å². The molecule has 0 unspecified atom stereocenters. The Morgan fingerprint density at radius 1 is 0.333 bits per heavy atom. The van der Waals surface area contributed by atoms with Gasteiger partial charge >= 0.3 is 0 Å². The van der Waals surface area contributed by atoms with E-state index < -0.39 is 0 Å². The summed E-state index contributed by atoms with van der Waals surface area (Å²) in [5, 5.41) is 15.6. The maximum absolute atomic E-state index is 14.6. The minimum absolute atomic E-state index is 0.266. The van der Waals surface area contributed by atoms with Crippen molar-refractivity contribution in [2.45, 2.75) is 25.7 Å². The van der Waals surface area contributed by atoms with E-state index in [-0.39, 0.29) is 36.7 Å². The highest BCUT2D eigenvalue weighted by Crippen LogP contribution is 2.50. The maximum Gasteiger partial charge on any atom is 0.261 e. The monoisotopic (exact) mass is 982 g/mol. The van der Waals surface area contributed by atoms with Crippen LogP contribution < -0.4 is 0 Å². The van der Waals surface area contributed by atoms with Crippen LogP contribution in [0, 0.1) is 0 Å². The average molecular weight is 985 g/mol. The van der Waals surface area contributed by atoms with Crippen LogP contribution in [-0.2, 0) is 12.8 Å². The lowest BCUT2D eigenvalue weighted by atomic mass is 9.82. The number of halogens is 2. The Kier molecular flexibility index (Phi) is 8.80. The van der Waals surface area contributed by atoms with Crippen LogP contribution in [-0.4, -0.2) is 46.5 Å². The number of hydrogen-bond acceptors (Lipinski definition) is 4. The Bertz CT molecular complexity index is 3790. The van der Waals surface area contributed by atoms with Crippen molar-refractivity contribution in [1.29, 1.82) is 0 Å². The van der Waals surface area contributed by atoms with Crippen molar-refractivity contribution >= 4 is 142 Å². The summed E-state index contributed by atoms with van der Waals surface area (Å²) in [6, 6.07) is 49.2. The molecule has 2 aliphatic rings. The summed E-state index contributed by atoms with van der Waals surface area (Å²) >= 11 is 7.77. The van der Waals surface area contributed by atoms with Gasteiger partial charge in [0.25, 0.3) is 23.6 Å². The summed E-state index contributed by atoms with van der Waals surface area (Å²) in [6.45, 7) is 0.547. The van der Waals surface area contributed by atoms with E-state index in [1.54, 1.807) is 0 Å². The minimum Gasteiger partial charge on any atom is -0.274 e. The molecule has 0 radical (unpaired) electrons. The van der Waals surface area contributed by atoms with E-state index in [4.69, 9.17) is 0 Å². The van der Waals surface area contributed by atoms with Gasteiger partial charge in [-0.15, -0.1) is 0 Å². The van der Waals surface area contributed by atoms with Gasteiger partial charge in [-0.05, 0) is 132 Å². The van der Waals surface area contributed by atoms with Crippen LogP contribution in [0.3, 0.4) is 0 Å². The number of benzene rings is 11. The van der Waals surface area contributed by atoms with Crippen LogP contribution in [0.5, 0.6) is 0 Å². The largest absolute Gasteiger partial charge is 0.274 e. The maximum atomic E-state index is 14.6. The van der Waals surface area contributed by atoms with Gasteiger partial charge in [0.2, 0.25) is 0 Å². The van der Waals surface area contributed by atoms with E-state index in [0.717, 1.165) is 32.3 Å². The molecule has 8 heteroatoms. The molecule has 2 aliphatic heterocycles. The van der Waals surface area contributed by atoms with Crippen molar-refractivity contribution in [1.82, 2.24) is 9.80 Å². The fourth-order valence-corrected chi connectivity index (χ4v) is 12.7. The number of carbonyl (C=O) groups is 4. The molecule has 0 aromatic heterocycles. The molecule has 0 aliphatic carbocycles. The molecule has 2 heterocycles. The summed E-state index contributed by atoms with van der Waals surface area (Å²) in [5.74, 6) is -1.26. The lowest BCUT2D eigenvalue weighted by Crippen LogP contribution is -2.41. The standard InChI is InChI=1S/C58H36Br2N2O4/c59-47-29-45-51-46(58(66)62(57(45)65)26-10-20-40-37-17-7-3-13-33(37)28-34-14-4-8-18-38(34)40)30-48(60)53-42-22-24-44-50-43(23-21-41(49(42)50)52(47)54(51)53)55(63)61(56(44)64)25-9-19-39-35-15-5-1-11-31(35)27-32-12-2-6-16-36(32)39/h1-8,11-18,21-24,27-30H,9-10,19-20,25-26H2. The van der Waals surface area contributed by atoms with Crippen LogP contribution in [0.4, 0.5) is 0 Å². The van der Waals surface area contributed by atoms with Gasteiger partial charge in [-0.1, -0.05) is 141 Å². The second kappa shape index (κ2) is 14.8. The summed E-state index contributed by atoms with van der Waals surface area (Å²) < 4.78 is 1.39. The van der Waals surface area contributed by atoms with Crippen molar-refractivity contribution in [2.75, 3.05) is 13.1 Å². The first-order valence-electron chi connectivity index (χ1n) is 22.4.